The number of halogens is 1. The first-order chi connectivity index (χ1) is 14.6. The second-order valence-electron chi connectivity index (χ2n) is 8.49. The number of nitrogens with one attached hydrogen (secondary N) is 2. The number of methoxy groups -OCH3 is 1. The van der Waals surface area contributed by atoms with E-state index in [0.717, 1.165) is 28.8 Å². The molecule has 32 heavy (non-hydrogen) atoms. The van der Waals surface area contributed by atoms with Crippen molar-refractivity contribution in [3.05, 3.63) is 51.5 Å². The average molecular weight is 574 g/mol. The molecule has 9 heteroatoms. The van der Waals surface area contributed by atoms with Crippen molar-refractivity contribution < 1.29 is 9.53 Å². The van der Waals surface area contributed by atoms with Gasteiger partial charge in [-0.05, 0) is 52.3 Å². The highest BCUT2D eigenvalue weighted by atomic mass is 127. The molecule has 2 N–H and O–H groups in total. The second kappa shape index (κ2) is 13.1. The van der Waals surface area contributed by atoms with Crippen molar-refractivity contribution in [2.45, 2.75) is 59.4 Å². The molecular weight excluding hydrogens is 537 g/mol. The molecular formula is C23H36IN5O2S. The van der Waals surface area contributed by atoms with E-state index in [1.165, 1.54) is 0 Å². The highest BCUT2D eigenvalue weighted by Gasteiger charge is 2.16. The van der Waals surface area contributed by atoms with Crippen LogP contribution >= 0.6 is 35.3 Å². The first kappa shape index (κ1) is 28.3. The molecule has 0 saturated heterocycles. The molecule has 1 amide bonds. The van der Waals surface area contributed by atoms with Crippen molar-refractivity contribution in [3.63, 3.8) is 0 Å². The zero-order valence-electron chi connectivity index (χ0n) is 20.1. The molecule has 2 rings (SSSR count). The maximum atomic E-state index is 12.5. The Morgan fingerprint density at radius 2 is 2.06 bits per heavy atom. The lowest BCUT2D eigenvalue weighted by Crippen LogP contribution is -2.40. The van der Waals surface area contributed by atoms with Gasteiger partial charge in [0, 0.05) is 37.2 Å². The fraction of sp³-hybridized carbons (Fsp3) is 0.522. The molecule has 1 unspecified atom stereocenters. The van der Waals surface area contributed by atoms with Crippen molar-refractivity contribution in [1.29, 1.82) is 0 Å². The van der Waals surface area contributed by atoms with Gasteiger partial charge in [0.15, 0.2) is 5.96 Å². The molecule has 0 spiro atoms. The van der Waals surface area contributed by atoms with Crippen LogP contribution in [0.2, 0.25) is 0 Å². The Morgan fingerprint density at radius 1 is 1.34 bits per heavy atom. The van der Waals surface area contributed by atoms with Crippen LogP contribution in [0.4, 0.5) is 0 Å². The first-order valence-electron chi connectivity index (χ1n) is 10.5. The molecule has 1 atom stereocenters. The minimum absolute atomic E-state index is 0. The summed E-state index contributed by atoms with van der Waals surface area (Å²) in [6, 6.07) is 7.60. The van der Waals surface area contributed by atoms with E-state index in [1.807, 2.05) is 65.9 Å². The predicted octanol–water partition coefficient (Wildman–Crippen LogP) is 4.59. The van der Waals surface area contributed by atoms with Crippen molar-refractivity contribution in [1.82, 2.24) is 20.5 Å². The summed E-state index contributed by atoms with van der Waals surface area (Å²) in [6.07, 6.45) is -0.00581. The third-order valence-electron chi connectivity index (χ3n) is 4.46. The van der Waals surface area contributed by atoms with E-state index in [4.69, 9.17) is 9.73 Å². The van der Waals surface area contributed by atoms with E-state index >= 15 is 0 Å². The summed E-state index contributed by atoms with van der Waals surface area (Å²) in [7, 11) is 3.68. The van der Waals surface area contributed by atoms with Crippen LogP contribution in [-0.4, -0.2) is 48.0 Å². The summed E-state index contributed by atoms with van der Waals surface area (Å²) in [4.78, 5) is 23.9. The van der Waals surface area contributed by atoms with Gasteiger partial charge in [0.1, 0.15) is 11.1 Å². The maximum absolute atomic E-state index is 12.5. The number of amides is 1. The third-order valence-corrected chi connectivity index (χ3v) is 5.51. The summed E-state index contributed by atoms with van der Waals surface area (Å²) in [5.41, 5.74) is 2.33. The van der Waals surface area contributed by atoms with E-state index in [2.05, 4.69) is 25.9 Å². The molecule has 178 valence electrons. The molecule has 2 aromatic rings. The Bertz CT molecular complexity index is 895. The summed E-state index contributed by atoms with van der Waals surface area (Å²) in [5.74, 6) is 0.716. The number of carbonyl (C=O) groups excluding carboxylic acids is 1. The number of hydrogen-bond donors (Lipinski definition) is 2. The molecule has 0 bridgehead atoms. The van der Waals surface area contributed by atoms with Crippen LogP contribution in [0.15, 0.2) is 34.6 Å². The molecule has 0 aliphatic rings. The van der Waals surface area contributed by atoms with Gasteiger partial charge in [0.05, 0.1) is 18.8 Å². The zero-order chi connectivity index (χ0) is 23.0. The standard InChI is InChI=1S/C23H35N5O2S.HI/c1-8-24-22(28(6)14-19-15-31-21(26-19)16(2)30-7)25-13-17-10-9-11-18(12-17)20(29)27-23(3,4)5;/h9-12,15-16H,8,13-14H2,1-7H3,(H,24,25)(H,27,29);1H. The van der Waals surface area contributed by atoms with Gasteiger partial charge in [0.25, 0.3) is 5.91 Å². The van der Waals surface area contributed by atoms with Crippen LogP contribution in [-0.2, 0) is 17.8 Å². The fourth-order valence-electron chi connectivity index (χ4n) is 2.86. The van der Waals surface area contributed by atoms with Crippen LogP contribution in [0.1, 0.15) is 67.3 Å². The number of aromatic nitrogens is 1. The molecule has 1 aromatic heterocycles. The van der Waals surface area contributed by atoms with Crippen LogP contribution in [0.3, 0.4) is 0 Å². The van der Waals surface area contributed by atoms with Gasteiger partial charge in [-0.3, -0.25) is 4.79 Å². The molecule has 1 heterocycles. The Morgan fingerprint density at radius 3 is 2.69 bits per heavy atom. The van der Waals surface area contributed by atoms with E-state index in [1.54, 1.807) is 18.4 Å². The summed E-state index contributed by atoms with van der Waals surface area (Å²) in [6.45, 7) is 11.8. The topological polar surface area (TPSA) is 78.9 Å². The Hall–Kier alpha value is -1.72. The Labute approximate surface area is 213 Å². The number of guanidine groups is 1. The van der Waals surface area contributed by atoms with Crippen LogP contribution < -0.4 is 10.6 Å². The number of carbonyl (C=O) groups is 1. The summed E-state index contributed by atoms with van der Waals surface area (Å²) in [5, 5.41) is 9.36. The average Bonchev–Trinajstić information content (AvgIpc) is 3.17. The molecule has 0 aliphatic carbocycles. The van der Waals surface area contributed by atoms with Crippen molar-refractivity contribution in [2.24, 2.45) is 4.99 Å². The van der Waals surface area contributed by atoms with E-state index in [0.29, 0.717) is 18.7 Å². The highest BCUT2D eigenvalue weighted by Crippen LogP contribution is 2.21. The largest absolute Gasteiger partial charge is 0.375 e. The van der Waals surface area contributed by atoms with E-state index < -0.39 is 0 Å². The Kier molecular flexibility index (Phi) is 11.6. The van der Waals surface area contributed by atoms with Gasteiger partial charge in [-0.2, -0.15) is 0 Å². The molecule has 0 fully saturated rings. The van der Waals surface area contributed by atoms with Crippen LogP contribution in [0.25, 0.3) is 0 Å². The van der Waals surface area contributed by atoms with E-state index in [9.17, 15) is 4.79 Å². The number of rotatable bonds is 8. The fourth-order valence-corrected chi connectivity index (χ4v) is 3.70. The van der Waals surface area contributed by atoms with Crippen LogP contribution in [0.5, 0.6) is 0 Å². The van der Waals surface area contributed by atoms with Crippen molar-refractivity contribution in [2.75, 3.05) is 20.7 Å². The van der Waals surface area contributed by atoms with Gasteiger partial charge < -0.3 is 20.3 Å². The van der Waals surface area contributed by atoms with Gasteiger partial charge in [0.2, 0.25) is 0 Å². The molecule has 0 saturated carbocycles. The number of benzene rings is 1. The predicted molar refractivity (Wildman–Crippen MR) is 143 cm³/mol. The smallest absolute Gasteiger partial charge is 0.251 e. The highest BCUT2D eigenvalue weighted by molar-refractivity contribution is 14.0. The summed E-state index contributed by atoms with van der Waals surface area (Å²) < 4.78 is 5.35. The van der Waals surface area contributed by atoms with Gasteiger partial charge in [-0.15, -0.1) is 35.3 Å². The number of nitrogens with zero attached hydrogens (tertiary/aromatic N) is 3. The second-order valence-corrected chi connectivity index (χ2v) is 9.38. The lowest BCUT2D eigenvalue weighted by atomic mass is 10.1. The number of hydrogen-bond acceptors (Lipinski definition) is 5. The summed E-state index contributed by atoms with van der Waals surface area (Å²) >= 11 is 1.61. The quantitative estimate of drug-likeness (QED) is 0.275. The number of aliphatic imine (C=N–C) groups is 1. The van der Waals surface area contributed by atoms with Crippen molar-refractivity contribution in [3.8, 4) is 0 Å². The van der Waals surface area contributed by atoms with E-state index in [-0.39, 0.29) is 41.5 Å². The lowest BCUT2D eigenvalue weighted by molar-refractivity contribution is 0.0919. The number of ether oxygens (including phenoxy) is 1. The lowest BCUT2D eigenvalue weighted by Gasteiger charge is -2.21. The normalized spacial score (nSPS) is 12.7. The Balaban J connectivity index is 0.00000512. The molecule has 0 radical (unpaired) electrons. The monoisotopic (exact) mass is 573 g/mol. The van der Waals surface area contributed by atoms with Gasteiger partial charge >= 0.3 is 0 Å². The third kappa shape index (κ3) is 9.03. The van der Waals surface area contributed by atoms with Gasteiger partial charge in [-0.25, -0.2) is 9.98 Å². The molecule has 1 aromatic carbocycles. The first-order valence-corrected chi connectivity index (χ1v) is 11.4. The van der Waals surface area contributed by atoms with Gasteiger partial charge in [-0.1, -0.05) is 12.1 Å². The molecule has 7 nitrogen and oxygen atoms in total. The SMILES string of the molecule is CCNC(=NCc1cccc(C(=O)NC(C)(C)C)c1)N(C)Cc1csc(C(C)OC)n1.I. The minimum atomic E-state index is -0.275. The minimum Gasteiger partial charge on any atom is -0.375 e. The van der Waals surface area contributed by atoms with Crippen molar-refractivity contribution >= 4 is 47.2 Å². The van der Waals surface area contributed by atoms with Crippen LogP contribution in [0, 0.1) is 0 Å². The molecule has 0 aliphatic heterocycles. The number of thiazole rings is 1. The maximum Gasteiger partial charge on any atom is 0.251 e. The zero-order valence-corrected chi connectivity index (χ0v) is 23.2.